The smallest absolute Gasteiger partial charge is 0.134 e. The number of benzene rings is 1. The molecule has 3 heterocycles. The Labute approximate surface area is 165 Å². The van der Waals surface area contributed by atoms with E-state index in [9.17, 15) is 9.50 Å². The van der Waals surface area contributed by atoms with Crippen molar-refractivity contribution in [3.8, 4) is 0 Å². The van der Waals surface area contributed by atoms with Gasteiger partial charge in [-0.1, -0.05) is 6.07 Å². The van der Waals surface area contributed by atoms with Gasteiger partial charge in [0.25, 0.3) is 0 Å². The highest BCUT2D eigenvalue weighted by Gasteiger charge is 2.23. The molecule has 0 radical (unpaired) electrons. The molecule has 2 N–H and O–H groups in total. The highest BCUT2D eigenvalue weighted by molar-refractivity contribution is 5.51. The number of piperidine rings is 2. The Kier molecular flexibility index (Phi) is 5.90. The topological polar surface area (TPSA) is 64.5 Å². The quantitative estimate of drug-likeness (QED) is 0.825. The molecule has 4 rings (SSSR count). The van der Waals surface area contributed by atoms with Crippen molar-refractivity contribution in [3.63, 3.8) is 0 Å². The normalized spacial score (nSPS) is 22.9. The van der Waals surface area contributed by atoms with Crippen LogP contribution in [-0.2, 0) is 0 Å². The number of aromatic nitrogens is 2. The zero-order chi connectivity index (χ0) is 19.3. The van der Waals surface area contributed by atoms with E-state index < -0.39 is 0 Å². The Balaban J connectivity index is 1.41. The van der Waals surface area contributed by atoms with Gasteiger partial charge < -0.3 is 20.2 Å². The summed E-state index contributed by atoms with van der Waals surface area (Å²) in [7, 11) is 0. The first-order valence-corrected chi connectivity index (χ1v) is 10.2. The summed E-state index contributed by atoms with van der Waals surface area (Å²) < 4.78 is 13.6. The Hall–Kier alpha value is -2.41. The van der Waals surface area contributed by atoms with Crippen LogP contribution in [0.4, 0.5) is 21.7 Å². The van der Waals surface area contributed by atoms with Crippen LogP contribution in [0.5, 0.6) is 0 Å². The number of nitrogens with one attached hydrogen (secondary N) is 1. The van der Waals surface area contributed by atoms with E-state index in [0.717, 1.165) is 69.2 Å². The van der Waals surface area contributed by atoms with E-state index in [1.165, 1.54) is 6.07 Å². The summed E-state index contributed by atoms with van der Waals surface area (Å²) in [6.45, 7) is 3.78. The van der Waals surface area contributed by atoms with Gasteiger partial charge in [-0.2, -0.15) is 0 Å². The molecule has 2 aliphatic heterocycles. The lowest BCUT2D eigenvalue weighted by atomic mass is 9.99. The van der Waals surface area contributed by atoms with Crippen LogP contribution in [0, 0.1) is 11.7 Å². The highest BCUT2D eigenvalue weighted by Crippen LogP contribution is 2.25. The molecule has 2 aromatic rings. The standard InChI is InChI=1S/C21H28FN5O/c22-17-5-1-7-19(10-17)26-8-3-6-18(13-26)25-20-11-21(24-15-23-20)27-9-2-4-16(12-27)14-28/h1,5,7,10-11,15-16,18,28H,2-4,6,8-9,12-14H2,(H,23,24,25). The molecule has 28 heavy (non-hydrogen) atoms. The summed E-state index contributed by atoms with van der Waals surface area (Å²) in [5.74, 6) is 1.85. The number of nitrogens with zero attached hydrogens (tertiary/aromatic N) is 4. The second-order valence-corrected chi connectivity index (χ2v) is 7.81. The SMILES string of the molecule is OCC1CCCN(c2cc(NC3CCCN(c4cccc(F)c4)C3)ncn2)C1. The summed E-state index contributed by atoms with van der Waals surface area (Å²) in [4.78, 5) is 13.3. The maximum absolute atomic E-state index is 13.6. The van der Waals surface area contributed by atoms with Gasteiger partial charge in [-0.05, 0) is 49.8 Å². The second-order valence-electron chi connectivity index (χ2n) is 7.81. The third-order valence-corrected chi connectivity index (χ3v) is 5.70. The molecular weight excluding hydrogens is 357 g/mol. The average molecular weight is 385 g/mol. The fourth-order valence-corrected chi connectivity index (χ4v) is 4.23. The first-order chi connectivity index (χ1) is 13.7. The summed E-state index contributed by atoms with van der Waals surface area (Å²) in [5.41, 5.74) is 0.929. The number of aliphatic hydroxyl groups excluding tert-OH is 1. The van der Waals surface area contributed by atoms with E-state index in [1.807, 2.05) is 12.1 Å². The lowest BCUT2D eigenvalue weighted by molar-refractivity contribution is 0.208. The number of aliphatic hydroxyl groups is 1. The van der Waals surface area contributed by atoms with E-state index in [1.54, 1.807) is 18.5 Å². The predicted molar refractivity (Wildman–Crippen MR) is 109 cm³/mol. The van der Waals surface area contributed by atoms with Crippen molar-refractivity contribution in [1.82, 2.24) is 9.97 Å². The van der Waals surface area contributed by atoms with Crippen molar-refractivity contribution >= 4 is 17.3 Å². The maximum Gasteiger partial charge on any atom is 0.134 e. The zero-order valence-electron chi connectivity index (χ0n) is 16.1. The first kappa shape index (κ1) is 18.9. The summed E-state index contributed by atoms with van der Waals surface area (Å²) in [5, 5.41) is 13.0. The molecule has 1 aromatic carbocycles. The van der Waals surface area contributed by atoms with Crippen LogP contribution in [0.1, 0.15) is 25.7 Å². The molecule has 0 bridgehead atoms. The van der Waals surface area contributed by atoms with Gasteiger partial charge in [0.05, 0.1) is 0 Å². The molecule has 0 aliphatic carbocycles. The van der Waals surface area contributed by atoms with Gasteiger partial charge in [0.2, 0.25) is 0 Å². The highest BCUT2D eigenvalue weighted by atomic mass is 19.1. The minimum atomic E-state index is -0.198. The number of rotatable bonds is 5. The monoisotopic (exact) mass is 385 g/mol. The molecule has 7 heteroatoms. The molecule has 150 valence electrons. The number of hydrogen-bond donors (Lipinski definition) is 2. The van der Waals surface area contributed by atoms with E-state index in [-0.39, 0.29) is 18.5 Å². The van der Waals surface area contributed by atoms with Crippen molar-refractivity contribution in [2.24, 2.45) is 5.92 Å². The van der Waals surface area contributed by atoms with Crippen molar-refractivity contribution in [1.29, 1.82) is 0 Å². The molecular formula is C21H28FN5O. The molecule has 2 fully saturated rings. The van der Waals surface area contributed by atoms with E-state index >= 15 is 0 Å². The summed E-state index contributed by atoms with van der Waals surface area (Å²) in [6.07, 6.45) is 5.86. The van der Waals surface area contributed by atoms with Crippen LogP contribution in [0.3, 0.4) is 0 Å². The largest absolute Gasteiger partial charge is 0.396 e. The minimum absolute atomic E-state index is 0.198. The maximum atomic E-state index is 13.6. The summed E-state index contributed by atoms with van der Waals surface area (Å²) >= 11 is 0. The lowest BCUT2D eigenvalue weighted by Gasteiger charge is -2.35. The Morgan fingerprint density at radius 2 is 1.93 bits per heavy atom. The second kappa shape index (κ2) is 8.73. The molecule has 2 atom stereocenters. The Bertz CT molecular complexity index is 789. The molecule has 0 amide bonds. The third-order valence-electron chi connectivity index (χ3n) is 5.70. The van der Waals surface area contributed by atoms with Gasteiger partial charge in [-0.25, -0.2) is 14.4 Å². The molecule has 6 nitrogen and oxygen atoms in total. The van der Waals surface area contributed by atoms with E-state index in [4.69, 9.17) is 0 Å². The third kappa shape index (κ3) is 4.52. The Morgan fingerprint density at radius 1 is 1.07 bits per heavy atom. The van der Waals surface area contributed by atoms with Crippen LogP contribution < -0.4 is 15.1 Å². The van der Waals surface area contributed by atoms with Crippen LogP contribution >= 0.6 is 0 Å². The minimum Gasteiger partial charge on any atom is -0.396 e. The van der Waals surface area contributed by atoms with Crippen LogP contribution in [0.2, 0.25) is 0 Å². The van der Waals surface area contributed by atoms with Gasteiger partial charge in [-0.3, -0.25) is 0 Å². The summed E-state index contributed by atoms with van der Waals surface area (Å²) in [6, 6.07) is 9.05. The fourth-order valence-electron chi connectivity index (χ4n) is 4.23. The zero-order valence-corrected chi connectivity index (χ0v) is 16.1. The van der Waals surface area contributed by atoms with Gasteiger partial charge in [0, 0.05) is 50.6 Å². The molecule has 2 saturated heterocycles. The lowest BCUT2D eigenvalue weighted by Crippen LogP contribution is -2.42. The van der Waals surface area contributed by atoms with E-state index in [0.29, 0.717) is 5.92 Å². The molecule has 1 aromatic heterocycles. The van der Waals surface area contributed by atoms with E-state index in [2.05, 4.69) is 25.1 Å². The molecule has 0 saturated carbocycles. The van der Waals surface area contributed by atoms with Crippen molar-refractivity contribution < 1.29 is 9.50 Å². The number of hydrogen-bond acceptors (Lipinski definition) is 6. The molecule has 0 spiro atoms. The van der Waals surface area contributed by atoms with Crippen LogP contribution in [-0.4, -0.2) is 53.9 Å². The van der Waals surface area contributed by atoms with Crippen LogP contribution in [0.15, 0.2) is 36.7 Å². The number of anilines is 3. The van der Waals surface area contributed by atoms with Crippen molar-refractivity contribution in [2.75, 3.05) is 47.9 Å². The van der Waals surface area contributed by atoms with Gasteiger partial charge in [0.15, 0.2) is 0 Å². The average Bonchev–Trinajstić information content (AvgIpc) is 2.74. The number of halogens is 1. The molecule has 2 aliphatic rings. The predicted octanol–water partition coefficient (Wildman–Crippen LogP) is 2.91. The van der Waals surface area contributed by atoms with Gasteiger partial charge >= 0.3 is 0 Å². The van der Waals surface area contributed by atoms with Crippen LogP contribution in [0.25, 0.3) is 0 Å². The van der Waals surface area contributed by atoms with Crippen molar-refractivity contribution in [2.45, 2.75) is 31.7 Å². The van der Waals surface area contributed by atoms with Gasteiger partial charge in [0.1, 0.15) is 23.8 Å². The van der Waals surface area contributed by atoms with Gasteiger partial charge in [-0.15, -0.1) is 0 Å². The molecule has 2 unspecified atom stereocenters. The first-order valence-electron chi connectivity index (χ1n) is 10.2. The fraction of sp³-hybridized carbons (Fsp3) is 0.524. The van der Waals surface area contributed by atoms with Crippen molar-refractivity contribution in [3.05, 3.63) is 42.5 Å². The Morgan fingerprint density at radius 3 is 2.79 bits per heavy atom.